The summed E-state index contributed by atoms with van der Waals surface area (Å²) in [5.41, 5.74) is 7.79. The van der Waals surface area contributed by atoms with Gasteiger partial charge in [0.05, 0.1) is 44.3 Å². The second-order valence-corrected chi connectivity index (χ2v) is 18.4. The largest absolute Gasteiger partial charge is 0.386 e. The zero-order valence-electron chi connectivity index (χ0n) is 37.5. The maximum atomic E-state index is 14.2. The third kappa shape index (κ3) is 5.21. The molecule has 336 valence electrons. The normalized spacial score (nSPS) is 13.4. The molecule has 0 bridgehead atoms. The van der Waals surface area contributed by atoms with Gasteiger partial charge in [0, 0.05) is 43.7 Å². The van der Waals surface area contributed by atoms with Gasteiger partial charge in [0.15, 0.2) is 10.9 Å². The minimum Gasteiger partial charge on any atom is -0.386 e. The van der Waals surface area contributed by atoms with Crippen LogP contribution in [0.4, 0.5) is 0 Å². The Morgan fingerprint density at radius 3 is 0.958 bits per heavy atom. The van der Waals surface area contributed by atoms with Crippen molar-refractivity contribution in [2.45, 2.75) is 0 Å². The molecule has 0 radical (unpaired) electrons. The smallest absolute Gasteiger partial charge is 0.347 e. The molecule has 2 aliphatic heterocycles. The molecule has 15 rings (SSSR count). The van der Waals surface area contributed by atoms with Crippen molar-refractivity contribution in [3.8, 4) is 33.6 Å². The lowest BCUT2D eigenvalue weighted by atomic mass is 9.80. The van der Waals surface area contributed by atoms with Crippen LogP contribution in [-0.4, -0.2) is 33.0 Å². The highest BCUT2D eigenvalue weighted by Gasteiger charge is 2.36. The van der Waals surface area contributed by atoms with Gasteiger partial charge in [-0.3, -0.25) is 9.59 Å². The minimum atomic E-state index is -0.777. The van der Waals surface area contributed by atoms with E-state index in [9.17, 15) is 28.8 Å². The molecule has 2 aromatic heterocycles. The molecule has 0 fully saturated rings. The molecular weight excluding hydrogens is 901 g/mol. The van der Waals surface area contributed by atoms with Crippen molar-refractivity contribution in [1.29, 1.82) is 0 Å². The van der Waals surface area contributed by atoms with Crippen LogP contribution in [0.3, 0.4) is 0 Å². The maximum absolute atomic E-state index is 14.2. The predicted molar refractivity (Wildman–Crippen MR) is 279 cm³/mol. The molecule has 0 aliphatic carbocycles. The van der Waals surface area contributed by atoms with Crippen LogP contribution >= 0.6 is 0 Å². The number of nitrogens with zero attached hydrogens (tertiary/aromatic N) is 2. The van der Waals surface area contributed by atoms with Gasteiger partial charge in [-0.2, -0.15) is 0 Å². The molecular formula is C62H30N2O8. The number of esters is 4. The third-order valence-electron chi connectivity index (χ3n) is 14.8. The van der Waals surface area contributed by atoms with Crippen molar-refractivity contribution >= 4 is 111 Å². The van der Waals surface area contributed by atoms with E-state index in [0.717, 1.165) is 33.4 Å². The number of benzene rings is 11. The number of carbonyl (C=O) groups excluding carboxylic acids is 4. The highest BCUT2D eigenvalue weighted by molar-refractivity contribution is 6.41. The summed E-state index contributed by atoms with van der Waals surface area (Å²) in [6.07, 6.45) is 0. The number of para-hydroxylation sites is 4. The van der Waals surface area contributed by atoms with E-state index < -0.39 is 23.9 Å². The molecule has 10 nitrogen and oxygen atoms in total. The summed E-state index contributed by atoms with van der Waals surface area (Å²) in [7, 11) is 0. The first-order chi connectivity index (χ1) is 35.2. The van der Waals surface area contributed by atoms with E-state index in [-0.39, 0.29) is 33.1 Å². The van der Waals surface area contributed by atoms with E-state index in [1.165, 1.54) is 0 Å². The first-order valence-electron chi connectivity index (χ1n) is 23.3. The number of hydrogen-bond acceptors (Lipinski definition) is 8. The van der Waals surface area contributed by atoms with Crippen molar-refractivity contribution < 1.29 is 28.7 Å². The summed E-state index contributed by atoms with van der Waals surface area (Å²) in [6, 6.07) is 56.2. The van der Waals surface area contributed by atoms with Crippen molar-refractivity contribution in [3.63, 3.8) is 0 Å². The number of cyclic esters (lactones) is 4. The van der Waals surface area contributed by atoms with E-state index >= 15 is 0 Å². The van der Waals surface area contributed by atoms with Gasteiger partial charge in [-0.05, 0) is 152 Å². The summed E-state index contributed by atoms with van der Waals surface area (Å²) >= 11 is 0. The fourth-order valence-corrected chi connectivity index (χ4v) is 11.7. The second kappa shape index (κ2) is 14.3. The van der Waals surface area contributed by atoms with Crippen LogP contribution in [0.25, 0.3) is 120 Å². The Kier molecular flexibility index (Phi) is 7.90. The van der Waals surface area contributed by atoms with Crippen LogP contribution < -0.4 is 10.9 Å². The van der Waals surface area contributed by atoms with E-state index in [1.54, 1.807) is 12.1 Å². The first-order valence-corrected chi connectivity index (χ1v) is 23.3. The molecule has 0 saturated carbocycles. The number of hydrogen-bond donors (Lipinski definition) is 0. The summed E-state index contributed by atoms with van der Waals surface area (Å²) in [5.74, 6) is -3.08. The molecule has 10 heteroatoms. The van der Waals surface area contributed by atoms with Crippen molar-refractivity contribution in [3.05, 3.63) is 225 Å². The summed E-state index contributed by atoms with van der Waals surface area (Å²) in [4.78, 5) is 83.0. The predicted octanol–water partition coefficient (Wildman–Crippen LogP) is 12.6. The number of fused-ring (bicyclic) bond motifs is 6. The fourth-order valence-electron chi connectivity index (χ4n) is 11.7. The topological polar surface area (TPSA) is 131 Å². The zero-order chi connectivity index (χ0) is 48.3. The molecule has 11 aromatic carbocycles. The Morgan fingerprint density at radius 1 is 0.278 bits per heavy atom. The van der Waals surface area contributed by atoms with E-state index in [4.69, 9.17) is 9.47 Å². The standard InChI is InChI=1S/C62H30N2O8/c65-57-37-9-1-5-13-47(37)63(48-14-6-2-10-38(48)57)33-21-17-31(18-22-33)43-29-45-35-25-28-42-54-52(35)46(36-26-27-41-53(51(36)45)55(43)61(69)71-59(41)67)30-44(56(54)62(70)72-60(42)68)32-19-23-34(24-20-32)64-49-15-7-3-11-39(49)58(66)40-12-4-8-16-50(40)64/h1-30H. The van der Waals surface area contributed by atoms with Crippen molar-refractivity contribution in [2.75, 3.05) is 0 Å². The van der Waals surface area contributed by atoms with E-state index in [1.807, 2.05) is 179 Å². The Bertz CT molecular complexity index is 4430. The molecule has 0 saturated heterocycles. The quantitative estimate of drug-likeness (QED) is 0.0738. The van der Waals surface area contributed by atoms with Crippen LogP contribution in [0.1, 0.15) is 41.4 Å². The molecule has 13 aromatic rings. The second-order valence-electron chi connectivity index (χ2n) is 18.4. The summed E-state index contributed by atoms with van der Waals surface area (Å²) in [5, 5.41) is 7.39. The molecule has 0 amide bonds. The van der Waals surface area contributed by atoms with Gasteiger partial charge in [0.1, 0.15) is 0 Å². The molecule has 0 spiro atoms. The van der Waals surface area contributed by atoms with Crippen LogP contribution in [0.15, 0.2) is 192 Å². The molecule has 0 unspecified atom stereocenters. The third-order valence-corrected chi connectivity index (χ3v) is 14.8. The SMILES string of the molecule is O=C1OC(=O)c2c(-c3ccc(-n4c5ccccc5c(=O)c5ccccc54)cc3)cc3c4ccc5c6c(c(-c7ccc(-n8c9ccccc9c(=O)c9ccccc98)cc7)cc(c7ccc1c2c73)c64)C(=O)OC5=O. The van der Waals surface area contributed by atoms with E-state index in [2.05, 4.69) is 0 Å². The number of aromatic nitrogens is 2. The van der Waals surface area contributed by atoms with Gasteiger partial charge in [0.25, 0.3) is 0 Å². The zero-order valence-corrected chi connectivity index (χ0v) is 37.5. The lowest BCUT2D eigenvalue weighted by Crippen LogP contribution is -2.21. The molecule has 2 aliphatic rings. The Balaban J connectivity index is 0.972. The molecule has 4 heterocycles. The minimum absolute atomic E-state index is 0.0539. The number of rotatable bonds is 4. The highest BCUT2D eigenvalue weighted by atomic mass is 16.6. The van der Waals surface area contributed by atoms with Crippen LogP contribution in [0.2, 0.25) is 0 Å². The monoisotopic (exact) mass is 930 g/mol. The van der Waals surface area contributed by atoms with Gasteiger partial charge >= 0.3 is 23.9 Å². The van der Waals surface area contributed by atoms with Gasteiger partial charge in [-0.15, -0.1) is 0 Å². The van der Waals surface area contributed by atoms with Gasteiger partial charge in [0.2, 0.25) is 0 Å². The van der Waals surface area contributed by atoms with Gasteiger partial charge in [-0.1, -0.05) is 84.9 Å². The maximum Gasteiger partial charge on any atom is 0.347 e. The summed E-state index contributed by atoms with van der Waals surface area (Å²) < 4.78 is 15.0. The number of carbonyl (C=O) groups is 4. The Morgan fingerprint density at radius 2 is 0.611 bits per heavy atom. The first kappa shape index (κ1) is 39.9. The van der Waals surface area contributed by atoms with E-state index in [0.29, 0.717) is 86.9 Å². The average Bonchev–Trinajstić information content (AvgIpc) is 3.41. The molecule has 72 heavy (non-hydrogen) atoms. The molecule has 0 N–H and O–H groups in total. The number of pyridine rings is 2. The highest BCUT2D eigenvalue weighted by Crippen LogP contribution is 2.50. The summed E-state index contributed by atoms with van der Waals surface area (Å²) in [6.45, 7) is 0. The average molecular weight is 931 g/mol. The van der Waals surface area contributed by atoms with Gasteiger partial charge < -0.3 is 18.6 Å². The lowest BCUT2D eigenvalue weighted by Gasteiger charge is -2.26. The van der Waals surface area contributed by atoms with Crippen molar-refractivity contribution in [1.82, 2.24) is 9.13 Å². The van der Waals surface area contributed by atoms with Crippen LogP contribution in [-0.2, 0) is 9.47 Å². The lowest BCUT2D eigenvalue weighted by molar-refractivity contribution is 0.0373. The Hall–Kier alpha value is -10.1. The molecule has 0 atom stereocenters. The van der Waals surface area contributed by atoms with Crippen LogP contribution in [0, 0.1) is 0 Å². The van der Waals surface area contributed by atoms with Crippen molar-refractivity contribution in [2.24, 2.45) is 0 Å². The fraction of sp³-hybridized carbons (Fsp3) is 0. The Labute approximate surface area is 405 Å². The van der Waals surface area contributed by atoms with Gasteiger partial charge in [-0.25, -0.2) is 19.2 Å². The van der Waals surface area contributed by atoms with Crippen LogP contribution in [0.5, 0.6) is 0 Å². The number of ether oxygens (including phenoxy) is 2.